The van der Waals surface area contributed by atoms with Gasteiger partial charge in [-0.25, -0.2) is 9.78 Å². The highest BCUT2D eigenvalue weighted by molar-refractivity contribution is 7.13. The van der Waals surface area contributed by atoms with Crippen LogP contribution >= 0.6 is 22.7 Å². The second kappa shape index (κ2) is 8.28. The van der Waals surface area contributed by atoms with Crippen LogP contribution in [0.25, 0.3) is 11.4 Å². The van der Waals surface area contributed by atoms with Crippen LogP contribution in [0.2, 0.25) is 0 Å². The molecule has 0 spiro atoms. The number of rotatable bonds is 7. The summed E-state index contributed by atoms with van der Waals surface area (Å²) in [7, 11) is 0. The molecule has 0 fully saturated rings. The molecule has 3 aromatic heterocycles. The fourth-order valence-electron chi connectivity index (χ4n) is 2.32. The van der Waals surface area contributed by atoms with Crippen molar-refractivity contribution in [3.05, 3.63) is 57.7 Å². The van der Waals surface area contributed by atoms with Gasteiger partial charge >= 0.3 is 5.97 Å². The van der Waals surface area contributed by atoms with Crippen molar-refractivity contribution in [2.24, 2.45) is 0 Å². The van der Waals surface area contributed by atoms with Gasteiger partial charge in [0.05, 0.1) is 5.69 Å². The van der Waals surface area contributed by atoms with Gasteiger partial charge in [0.1, 0.15) is 6.61 Å². The van der Waals surface area contributed by atoms with Crippen molar-refractivity contribution in [3.63, 3.8) is 0 Å². The van der Waals surface area contributed by atoms with Crippen molar-refractivity contribution >= 4 is 39.5 Å². The Labute approximate surface area is 168 Å². The number of ether oxygens (including phenoxy) is 1. The van der Waals surface area contributed by atoms with Gasteiger partial charge in [-0.1, -0.05) is 17.7 Å². The van der Waals surface area contributed by atoms with E-state index in [1.165, 1.54) is 21.7 Å². The van der Waals surface area contributed by atoms with Crippen molar-refractivity contribution in [1.29, 1.82) is 0 Å². The predicted octanol–water partition coefficient (Wildman–Crippen LogP) is 3.65. The van der Waals surface area contributed by atoms with Crippen LogP contribution in [0, 0.1) is 6.92 Å². The molecule has 142 valence electrons. The summed E-state index contributed by atoms with van der Waals surface area (Å²) < 4.78 is 5.26. The minimum Gasteiger partial charge on any atom is -0.458 e. The number of benzene rings is 1. The fourth-order valence-corrected chi connectivity index (χ4v) is 3.67. The first-order chi connectivity index (χ1) is 13.7. The largest absolute Gasteiger partial charge is 0.458 e. The molecule has 0 bridgehead atoms. The number of carbonyl (C=O) groups is 1. The monoisotopic (exact) mass is 412 g/mol. The summed E-state index contributed by atoms with van der Waals surface area (Å²) in [5.41, 5.74) is 3.71. The van der Waals surface area contributed by atoms with Crippen molar-refractivity contribution in [2.45, 2.75) is 20.1 Å². The lowest BCUT2D eigenvalue weighted by atomic mass is 10.2. The molecule has 0 unspecified atom stereocenters. The van der Waals surface area contributed by atoms with E-state index in [1.807, 2.05) is 53.4 Å². The minimum absolute atomic E-state index is 0.0942. The number of nitrogens with one attached hydrogen (secondary N) is 1. The molecule has 0 radical (unpaired) electrons. The Kier molecular flexibility index (Phi) is 5.40. The number of nitrogens with zero attached hydrogens (tertiary/aromatic N) is 5. The van der Waals surface area contributed by atoms with Crippen LogP contribution in [0.1, 0.15) is 11.3 Å². The molecule has 0 amide bonds. The first kappa shape index (κ1) is 18.3. The van der Waals surface area contributed by atoms with Crippen LogP contribution in [0.3, 0.4) is 0 Å². The average Bonchev–Trinajstić information content (AvgIpc) is 3.43. The van der Waals surface area contributed by atoms with Crippen molar-refractivity contribution < 1.29 is 9.53 Å². The van der Waals surface area contributed by atoms with Crippen LogP contribution < -0.4 is 5.32 Å². The van der Waals surface area contributed by atoms with E-state index in [9.17, 15) is 4.79 Å². The van der Waals surface area contributed by atoms with Crippen molar-refractivity contribution in [1.82, 2.24) is 25.2 Å². The molecule has 4 rings (SSSR count). The van der Waals surface area contributed by atoms with Gasteiger partial charge in [-0.15, -0.1) is 21.5 Å². The third-order valence-corrected chi connectivity index (χ3v) is 5.23. The van der Waals surface area contributed by atoms with Gasteiger partial charge in [-0.2, -0.15) is 16.1 Å². The molecule has 4 aromatic rings. The van der Waals surface area contributed by atoms with Crippen LogP contribution in [0.4, 0.5) is 10.8 Å². The summed E-state index contributed by atoms with van der Waals surface area (Å²) in [6.45, 7) is 2.03. The van der Waals surface area contributed by atoms with E-state index >= 15 is 0 Å². The number of tetrazole rings is 1. The molecule has 0 aliphatic rings. The summed E-state index contributed by atoms with van der Waals surface area (Å²) in [6, 6.07) is 9.94. The Morgan fingerprint density at radius 1 is 1.21 bits per heavy atom. The average molecular weight is 413 g/mol. The lowest BCUT2D eigenvalue weighted by Gasteiger charge is -2.03. The smallest absolute Gasteiger partial charge is 0.330 e. The maximum atomic E-state index is 12.0. The minimum atomic E-state index is -0.449. The Morgan fingerprint density at radius 3 is 2.86 bits per heavy atom. The molecule has 28 heavy (non-hydrogen) atoms. The third kappa shape index (κ3) is 4.59. The highest BCUT2D eigenvalue weighted by atomic mass is 32.1. The van der Waals surface area contributed by atoms with E-state index in [0.717, 1.165) is 16.4 Å². The van der Waals surface area contributed by atoms with E-state index < -0.39 is 5.97 Å². The highest BCUT2D eigenvalue weighted by Gasteiger charge is 2.12. The van der Waals surface area contributed by atoms with E-state index in [4.69, 9.17) is 4.74 Å². The summed E-state index contributed by atoms with van der Waals surface area (Å²) in [5.74, 6) is 0.0377. The Morgan fingerprint density at radius 2 is 2.07 bits per heavy atom. The molecule has 0 saturated carbocycles. The molecule has 0 aliphatic carbocycles. The van der Waals surface area contributed by atoms with Gasteiger partial charge in [0, 0.05) is 22.0 Å². The topological polar surface area (TPSA) is 94.8 Å². The number of hydrogen-bond acceptors (Lipinski definition) is 9. The summed E-state index contributed by atoms with van der Waals surface area (Å²) in [4.78, 5) is 17.7. The Bertz CT molecular complexity index is 1060. The predicted molar refractivity (Wildman–Crippen MR) is 108 cm³/mol. The maximum Gasteiger partial charge on any atom is 0.330 e. The number of hydrogen-bond donors (Lipinski definition) is 1. The summed E-state index contributed by atoms with van der Waals surface area (Å²) in [6.07, 6.45) is 0. The molecule has 0 atom stereocenters. The zero-order valence-corrected chi connectivity index (χ0v) is 16.5. The molecular weight excluding hydrogens is 396 g/mol. The summed E-state index contributed by atoms with van der Waals surface area (Å²) >= 11 is 3.00. The zero-order valence-electron chi connectivity index (χ0n) is 14.9. The van der Waals surface area contributed by atoms with E-state index in [-0.39, 0.29) is 13.2 Å². The number of thiazole rings is 1. The molecule has 8 nitrogen and oxygen atoms in total. The molecule has 0 aliphatic heterocycles. The number of anilines is 2. The van der Waals surface area contributed by atoms with Gasteiger partial charge in [0.15, 0.2) is 11.7 Å². The molecular formula is C18H16N6O2S2. The van der Waals surface area contributed by atoms with Gasteiger partial charge in [-0.3, -0.25) is 0 Å². The van der Waals surface area contributed by atoms with Crippen molar-refractivity contribution in [3.8, 4) is 11.4 Å². The van der Waals surface area contributed by atoms with Crippen molar-refractivity contribution in [2.75, 3.05) is 5.32 Å². The number of thiophene rings is 1. The van der Waals surface area contributed by atoms with Crippen LogP contribution in [0.15, 0.2) is 46.5 Å². The second-order valence-corrected chi connectivity index (χ2v) is 7.59. The zero-order chi connectivity index (χ0) is 19.3. The molecule has 10 heteroatoms. The number of carbonyl (C=O) groups excluding carboxylic acids is 1. The van der Waals surface area contributed by atoms with Gasteiger partial charge in [0.25, 0.3) is 0 Å². The van der Waals surface area contributed by atoms with Crippen LogP contribution in [-0.2, 0) is 22.7 Å². The molecule has 1 N–H and O–H groups in total. The van der Waals surface area contributed by atoms with E-state index in [0.29, 0.717) is 11.5 Å². The first-order valence-corrected chi connectivity index (χ1v) is 10.2. The highest BCUT2D eigenvalue weighted by Crippen LogP contribution is 2.21. The molecule has 1 aromatic carbocycles. The fraction of sp³-hybridized carbons (Fsp3) is 0.167. The SMILES string of the molecule is Cc1ccc(Nc2nc(COC(=O)Cn3nnc(-c4ccsc4)n3)cs2)cc1. The number of esters is 1. The third-order valence-electron chi connectivity index (χ3n) is 3.74. The van der Waals surface area contributed by atoms with Crippen LogP contribution in [0.5, 0.6) is 0 Å². The van der Waals surface area contributed by atoms with Gasteiger partial charge in [-0.05, 0) is 35.7 Å². The summed E-state index contributed by atoms with van der Waals surface area (Å²) in [5, 5.41) is 21.7. The van der Waals surface area contributed by atoms with Gasteiger partial charge in [0.2, 0.25) is 5.82 Å². The Hall–Kier alpha value is -3.11. The quantitative estimate of drug-likeness (QED) is 0.463. The lowest BCUT2D eigenvalue weighted by Crippen LogP contribution is -2.15. The van der Waals surface area contributed by atoms with E-state index in [1.54, 1.807) is 11.3 Å². The molecule has 3 heterocycles. The lowest BCUT2D eigenvalue weighted by molar-refractivity contribution is -0.146. The molecule has 0 saturated heterocycles. The Balaban J connectivity index is 1.28. The van der Waals surface area contributed by atoms with E-state index in [2.05, 4.69) is 25.7 Å². The number of aryl methyl sites for hydroxylation is 1. The maximum absolute atomic E-state index is 12.0. The van der Waals surface area contributed by atoms with Crippen LogP contribution in [-0.4, -0.2) is 31.2 Å². The normalized spacial score (nSPS) is 10.8. The first-order valence-electron chi connectivity index (χ1n) is 8.40. The second-order valence-electron chi connectivity index (χ2n) is 5.95. The standard InChI is InChI=1S/C18H16N6O2S2/c1-12-2-4-14(5-3-12)19-18-20-15(11-28-18)9-26-16(25)8-24-22-17(21-23-24)13-6-7-27-10-13/h2-7,10-11H,8-9H2,1H3,(H,19,20). The number of aromatic nitrogens is 5. The van der Waals surface area contributed by atoms with Gasteiger partial charge < -0.3 is 10.1 Å².